The number of methoxy groups -OCH3 is 1. The average Bonchev–Trinajstić information content (AvgIpc) is 3.25. The topological polar surface area (TPSA) is 80.5 Å². The number of pyridine rings is 1. The Morgan fingerprint density at radius 1 is 1.20 bits per heavy atom. The Labute approximate surface area is 175 Å². The molecule has 1 fully saturated rings. The Morgan fingerprint density at radius 3 is 2.73 bits per heavy atom. The lowest BCUT2D eigenvalue weighted by atomic mass is 9.99. The van der Waals surface area contributed by atoms with Crippen LogP contribution in [0.4, 0.5) is 0 Å². The number of hydrogen-bond donors (Lipinski definition) is 1. The Bertz CT molecular complexity index is 983. The number of carbonyl (C=O) groups is 1. The van der Waals surface area contributed by atoms with E-state index >= 15 is 0 Å². The maximum atomic E-state index is 13.3. The van der Waals surface area contributed by atoms with Gasteiger partial charge in [-0.1, -0.05) is 30.3 Å². The molecule has 1 aromatic carbocycles. The molecule has 1 aliphatic rings. The molecule has 0 bridgehead atoms. The molecule has 3 aromatic rings. The molecule has 30 heavy (non-hydrogen) atoms. The highest BCUT2D eigenvalue weighted by molar-refractivity contribution is 5.94. The van der Waals surface area contributed by atoms with Crippen LogP contribution < -0.4 is 4.74 Å². The Morgan fingerprint density at radius 2 is 2.03 bits per heavy atom. The molecule has 156 valence electrons. The van der Waals surface area contributed by atoms with E-state index in [-0.39, 0.29) is 18.6 Å². The largest absolute Gasteiger partial charge is 0.481 e. The van der Waals surface area contributed by atoms with Crippen molar-refractivity contribution in [2.75, 3.05) is 20.3 Å². The first kappa shape index (κ1) is 20.1. The summed E-state index contributed by atoms with van der Waals surface area (Å²) in [6, 6.07) is 15.4. The van der Waals surface area contributed by atoms with Crippen LogP contribution in [0.2, 0.25) is 0 Å². The number of amides is 1. The minimum atomic E-state index is -0.0921. The second kappa shape index (κ2) is 9.09. The number of benzene rings is 1. The second-order valence-corrected chi connectivity index (χ2v) is 7.41. The van der Waals surface area contributed by atoms with Gasteiger partial charge in [0.15, 0.2) is 5.69 Å². The van der Waals surface area contributed by atoms with E-state index in [0.29, 0.717) is 24.5 Å². The molecule has 0 aliphatic carbocycles. The number of aromatic nitrogens is 3. The predicted molar refractivity (Wildman–Crippen MR) is 114 cm³/mol. The summed E-state index contributed by atoms with van der Waals surface area (Å²) in [4.78, 5) is 19.5. The summed E-state index contributed by atoms with van der Waals surface area (Å²) in [5.74, 6) is 0.425. The monoisotopic (exact) mass is 406 g/mol. The van der Waals surface area contributed by atoms with E-state index < -0.39 is 0 Å². The number of hydrogen-bond acceptors (Lipinski definition) is 5. The van der Waals surface area contributed by atoms with E-state index in [2.05, 4.69) is 10.1 Å². The lowest BCUT2D eigenvalue weighted by Gasteiger charge is -2.35. The van der Waals surface area contributed by atoms with Crippen LogP contribution in [0.1, 0.15) is 36.2 Å². The third kappa shape index (κ3) is 4.07. The Hall–Kier alpha value is -3.19. The fourth-order valence-corrected chi connectivity index (χ4v) is 3.98. The van der Waals surface area contributed by atoms with Gasteiger partial charge in [-0.05, 0) is 37.8 Å². The van der Waals surface area contributed by atoms with Crippen LogP contribution in [0.3, 0.4) is 0 Å². The number of carbonyl (C=O) groups excluding carboxylic acids is 1. The smallest absolute Gasteiger partial charge is 0.274 e. The van der Waals surface area contributed by atoms with E-state index in [1.54, 1.807) is 24.1 Å². The van der Waals surface area contributed by atoms with Crippen molar-refractivity contribution in [1.29, 1.82) is 0 Å². The summed E-state index contributed by atoms with van der Waals surface area (Å²) in [6.45, 7) is 0.775. The van der Waals surface area contributed by atoms with E-state index in [4.69, 9.17) is 4.74 Å². The van der Waals surface area contributed by atoms with Gasteiger partial charge in [0.25, 0.3) is 5.91 Å². The summed E-state index contributed by atoms with van der Waals surface area (Å²) >= 11 is 0. The fourth-order valence-electron chi connectivity index (χ4n) is 3.98. The molecular formula is C23H26N4O3. The maximum Gasteiger partial charge on any atom is 0.274 e. The van der Waals surface area contributed by atoms with Crippen molar-refractivity contribution in [2.24, 2.45) is 0 Å². The van der Waals surface area contributed by atoms with Gasteiger partial charge in [-0.15, -0.1) is 0 Å². The van der Waals surface area contributed by atoms with Crippen molar-refractivity contribution in [3.05, 3.63) is 60.4 Å². The summed E-state index contributed by atoms with van der Waals surface area (Å²) < 4.78 is 6.91. The van der Waals surface area contributed by atoms with Gasteiger partial charge in [0.2, 0.25) is 5.88 Å². The highest BCUT2D eigenvalue weighted by Gasteiger charge is 2.29. The molecule has 1 N–H and O–H groups in total. The summed E-state index contributed by atoms with van der Waals surface area (Å²) in [6.07, 6.45) is 5.25. The van der Waals surface area contributed by atoms with Crippen LogP contribution in [-0.2, 0) is 0 Å². The lowest BCUT2D eigenvalue weighted by Crippen LogP contribution is -2.44. The number of aliphatic hydroxyl groups is 1. The molecular weight excluding hydrogens is 380 g/mol. The van der Waals surface area contributed by atoms with Crippen LogP contribution in [0.15, 0.2) is 54.7 Å². The van der Waals surface area contributed by atoms with E-state index in [1.165, 1.54) is 0 Å². The summed E-state index contributed by atoms with van der Waals surface area (Å²) in [5.41, 5.74) is 2.93. The minimum Gasteiger partial charge on any atom is -0.481 e. The van der Waals surface area contributed by atoms with Crippen LogP contribution in [0.5, 0.6) is 5.88 Å². The molecule has 0 saturated carbocycles. The first-order valence-electron chi connectivity index (χ1n) is 10.3. The number of ether oxygens (including phenoxy) is 1. The molecule has 2 aromatic heterocycles. The van der Waals surface area contributed by atoms with Gasteiger partial charge < -0.3 is 14.7 Å². The van der Waals surface area contributed by atoms with Gasteiger partial charge >= 0.3 is 0 Å². The van der Waals surface area contributed by atoms with Gasteiger partial charge in [0.05, 0.1) is 24.7 Å². The number of nitrogens with zero attached hydrogens (tertiary/aromatic N) is 4. The molecule has 7 heteroatoms. The summed E-state index contributed by atoms with van der Waals surface area (Å²) in [7, 11) is 1.57. The average molecular weight is 406 g/mol. The third-order valence-corrected chi connectivity index (χ3v) is 5.52. The number of aliphatic hydroxyl groups excluding tert-OH is 1. The number of likely N-dealkylation sites (tertiary alicyclic amines) is 1. The van der Waals surface area contributed by atoms with Crippen LogP contribution in [-0.4, -0.2) is 57.0 Å². The zero-order chi connectivity index (χ0) is 20.9. The van der Waals surface area contributed by atoms with Crippen LogP contribution >= 0.6 is 0 Å². The summed E-state index contributed by atoms with van der Waals surface area (Å²) in [5, 5.41) is 14.1. The molecule has 4 rings (SSSR count). The number of piperidine rings is 1. The Kier molecular flexibility index (Phi) is 6.09. The molecule has 1 aliphatic heterocycles. The third-order valence-electron chi connectivity index (χ3n) is 5.52. The van der Waals surface area contributed by atoms with E-state index in [0.717, 1.165) is 36.2 Å². The molecule has 3 heterocycles. The van der Waals surface area contributed by atoms with Gasteiger partial charge in [-0.3, -0.25) is 4.79 Å². The maximum absolute atomic E-state index is 13.3. The van der Waals surface area contributed by atoms with Crippen molar-refractivity contribution in [3.8, 4) is 22.8 Å². The standard InChI is InChI=1S/C23H26N4O3/c1-30-22-11-10-19(16-24-22)27-21(17-7-3-2-4-8-17)15-20(25-27)23(29)26-13-6-5-9-18(26)12-14-28/h2-4,7-8,10-11,15-16,18,28H,5-6,9,12-14H2,1H3. The van der Waals surface area contributed by atoms with Crippen LogP contribution in [0.25, 0.3) is 16.9 Å². The lowest BCUT2D eigenvalue weighted by molar-refractivity contribution is 0.0568. The normalized spacial score (nSPS) is 16.5. The first-order chi connectivity index (χ1) is 14.7. The van der Waals surface area contributed by atoms with Gasteiger partial charge in [0, 0.05) is 30.8 Å². The highest BCUT2D eigenvalue weighted by atomic mass is 16.5. The van der Waals surface area contributed by atoms with E-state index in [9.17, 15) is 9.90 Å². The zero-order valence-corrected chi connectivity index (χ0v) is 17.1. The quantitative estimate of drug-likeness (QED) is 0.679. The van der Waals surface area contributed by atoms with Crippen molar-refractivity contribution >= 4 is 5.91 Å². The van der Waals surface area contributed by atoms with E-state index in [1.807, 2.05) is 47.4 Å². The Balaban J connectivity index is 1.74. The highest BCUT2D eigenvalue weighted by Crippen LogP contribution is 2.27. The molecule has 1 saturated heterocycles. The zero-order valence-electron chi connectivity index (χ0n) is 17.1. The van der Waals surface area contributed by atoms with Crippen molar-refractivity contribution in [3.63, 3.8) is 0 Å². The molecule has 1 amide bonds. The second-order valence-electron chi connectivity index (χ2n) is 7.41. The van der Waals surface area contributed by atoms with Crippen LogP contribution in [0, 0.1) is 0 Å². The molecule has 0 radical (unpaired) electrons. The fraction of sp³-hybridized carbons (Fsp3) is 0.348. The number of rotatable bonds is 6. The molecule has 0 spiro atoms. The predicted octanol–water partition coefficient (Wildman–Crippen LogP) is 3.32. The molecule has 1 unspecified atom stereocenters. The van der Waals surface area contributed by atoms with Gasteiger partial charge in [-0.25, -0.2) is 9.67 Å². The minimum absolute atomic E-state index is 0.0595. The molecule has 7 nitrogen and oxygen atoms in total. The van der Waals surface area contributed by atoms with Gasteiger partial charge in [-0.2, -0.15) is 5.10 Å². The van der Waals surface area contributed by atoms with Crippen molar-refractivity contribution in [1.82, 2.24) is 19.7 Å². The van der Waals surface area contributed by atoms with Gasteiger partial charge in [0.1, 0.15) is 0 Å². The van der Waals surface area contributed by atoms with Crippen molar-refractivity contribution < 1.29 is 14.6 Å². The SMILES string of the molecule is COc1ccc(-n2nc(C(=O)N3CCCCC3CCO)cc2-c2ccccc2)cn1. The first-order valence-corrected chi connectivity index (χ1v) is 10.3. The molecule has 1 atom stereocenters. The van der Waals surface area contributed by atoms with Crippen molar-refractivity contribution in [2.45, 2.75) is 31.7 Å².